The molecule has 0 aromatic carbocycles. The van der Waals surface area contributed by atoms with E-state index in [9.17, 15) is 4.79 Å². The maximum Gasteiger partial charge on any atom is 0.230 e. The molecule has 134 valence electrons. The van der Waals surface area contributed by atoms with E-state index < -0.39 is 0 Å². The lowest BCUT2D eigenvalue weighted by Gasteiger charge is -2.30. The van der Waals surface area contributed by atoms with Gasteiger partial charge in [-0.1, -0.05) is 18.2 Å². The van der Waals surface area contributed by atoms with Crippen LogP contribution in [0.5, 0.6) is 0 Å². The second kappa shape index (κ2) is 6.52. The summed E-state index contributed by atoms with van der Waals surface area (Å²) in [5.41, 5.74) is 5.45. The van der Waals surface area contributed by atoms with Crippen LogP contribution in [0.3, 0.4) is 0 Å². The zero-order valence-corrected chi connectivity index (χ0v) is 15.4. The zero-order chi connectivity index (χ0) is 17.6. The van der Waals surface area contributed by atoms with Crippen LogP contribution in [0.2, 0.25) is 0 Å². The third-order valence-corrected chi connectivity index (χ3v) is 6.98. The van der Waals surface area contributed by atoms with E-state index in [4.69, 9.17) is 10.2 Å². The van der Waals surface area contributed by atoms with Crippen LogP contribution in [0.4, 0.5) is 0 Å². The normalized spacial score (nSPS) is 27.5. The van der Waals surface area contributed by atoms with Gasteiger partial charge in [-0.25, -0.2) is 0 Å². The second-order valence-electron chi connectivity index (χ2n) is 7.40. The van der Waals surface area contributed by atoms with Gasteiger partial charge in [0.15, 0.2) is 10.9 Å². The Morgan fingerprint density at radius 3 is 2.80 bits per heavy atom. The molecule has 25 heavy (non-hydrogen) atoms. The Hall–Kier alpha value is -1.76. The maximum absolute atomic E-state index is 11.5. The molecule has 0 spiro atoms. The SMILES string of the molecule is C[C@H](Sc1nnc(-c2ccco2)n1[C@@H](C)[C@@H]1C[C@H]2CC[C@H]1C2)C(N)=O. The molecule has 7 heteroatoms. The molecular weight excluding hydrogens is 336 g/mol. The van der Waals surface area contributed by atoms with Crippen molar-refractivity contribution in [1.29, 1.82) is 0 Å². The van der Waals surface area contributed by atoms with E-state index in [1.54, 1.807) is 13.2 Å². The van der Waals surface area contributed by atoms with Gasteiger partial charge in [0.25, 0.3) is 0 Å². The van der Waals surface area contributed by atoms with E-state index in [1.807, 2.05) is 12.1 Å². The molecular formula is C18H24N4O2S. The average molecular weight is 360 g/mol. The molecule has 2 bridgehead atoms. The van der Waals surface area contributed by atoms with Crippen LogP contribution in [-0.2, 0) is 4.79 Å². The molecule has 2 aromatic heterocycles. The van der Waals surface area contributed by atoms with Crippen LogP contribution < -0.4 is 5.73 Å². The van der Waals surface area contributed by atoms with Crippen molar-refractivity contribution in [3.05, 3.63) is 18.4 Å². The highest BCUT2D eigenvalue weighted by atomic mass is 32.2. The van der Waals surface area contributed by atoms with Gasteiger partial charge in [0.05, 0.1) is 11.5 Å². The van der Waals surface area contributed by atoms with Crippen molar-refractivity contribution in [3.63, 3.8) is 0 Å². The van der Waals surface area contributed by atoms with Crippen LogP contribution in [0.15, 0.2) is 28.0 Å². The minimum Gasteiger partial charge on any atom is -0.461 e. The summed E-state index contributed by atoms with van der Waals surface area (Å²) in [6.07, 6.45) is 6.99. The molecule has 0 aliphatic heterocycles. The summed E-state index contributed by atoms with van der Waals surface area (Å²) in [4.78, 5) is 11.5. The highest BCUT2D eigenvalue weighted by molar-refractivity contribution is 8.00. The quantitative estimate of drug-likeness (QED) is 0.797. The van der Waals surface area contributed by atoms with Gasteiger partial charge in [0.1, 0.15) is 0 Å². The number of carbonyl (C=O) groups is 1. The molecule has 0 radical (unpaired) electrons. The minimum absolute atomic E-state index is 0.271. The van der Waals surface area contributed by atoms with Crippen LogP contribution >= 0.6 is 11.8 Å². The van der Waals surface area contributed by atoms with E-state index in [2.05, 4.69) is 21.7 Å². The lowest BCUT2D eigenvalue weighted by molar-refractivity contribution is -0.117. The van der Waals surface area contributed by atoms with E-state index >= 15 is 0 Å². The molecule has 6 nitrogen and oxygen atoms in total. The van der Waals surface area contributed by atoms with E-state index in [0.717, 1.165) is 22.8 Å². The van der Waals surface area contributed by atoms with Gasteiger partial charge in [-0.05, 0) is 63.0 Å². The molecule has 2 heterocycles. The van der Waals surface area contributed by atoms with Crippen molar-refractivity contribution in [3.8, 4) is 11.6 Å². The molecule has 0 saturated heterocycles. The first-order valence-electron chi connectivity index (χ1n) is 8.99. The van der Waals surface area contributed by atoms with E-state index in [1.165, 1.54) is 37.4 Å². The molecule has 2 aliphatic rings. The Balaban J connectivity index is 1.69. The Bertz CT molecular complexity index is 757. The van der Waals surface area contributed by atoms with Gasteiger partial charge in [-0.15, -0.1) is 10.2 Å². The number of nitrogens with two attached hydrogens (primary N) is 1. The summed E-state index contributed by atoms with van der Waals surface area (Å²) in [5.74, 6) is 3.40. The number of thioether (sulfide) groups is 1. The summed E-state index contributed by atoms with van der Waals surface area (Å²) in [6.45, 7) is 4.06. The summed E-state index contributed by atoms with van der Waals surface area (Å²) in [5, 5.41) is 9.12. The van der Waals surface area contributed by atoms with E-state index in [0.29, 0.717) is 11.7 Å². The smallest absolute Gasteiger partial charge is 0.230 e. The number of furan rings is 1. The highest BCUT2D eigenvalue weighted by Crippen LogP contribution is 2.53. The van der Waals surface area contributed by atoms with Crippen LogP contribution in [0, 0.1) is 17.8 Å². The molecule has 2 aliphatic carbocycles. The number of fused-ring (bicyclic) bond motifs is 2. The fraction of sp³-hybridized carbons (Fsp3) is 0.611. The third kappa shape index (κ3) is 2.99. The van der Waals surface area contributed by atoms with Crippen molar-refractivity contribution >= 4 is 17.7 Å². The fourth-order valence-electron chi connectivity index (χ4n) is 4.59. The monoisotopic (exact) mass is 360 g/mol. The van der Waals surface area contributed by atoms with Gasteiger partial charge in [0.2, 0.25) is 11.7 Å². The van der Waals surface area contributed by atoms with Crippen molar-refractivity contribution in [1.82, 2.24) is 14.8 Å². The lowest BCUT2D eigenvalue weighted by Crippen LogP contribution is -2.25. The van der Waals surface area contributed by atoms with Gasteiger partial charge >= 0.3 is 0 Å². The van der Waals surface area contributed by atoms with Gasteiger partial charge < -0.3 is 10.2 Å². The van der Waals surface area contributed by atoms with Crippen LogP contribution in [-0.4, -0.2) is 25.9 Å². The zero-order valence-electron chi connectivity index (χ0n) is 14.6. The number of rotatable bonds is 6. The number of primary amides is 1. The summed E-state index contributed by atoms with van der Waals surface area (Å²) in [6, 6.07) is 4.03. The molecule has 0 unspecified atom stereocenters. The molecule has 2 N–H and O–H groups in total. The number of aromatic nitrogens is 3. The third-order valence-electron chi connectivity index (χ3n) is 5.91. The Labute approximate surface area is 151 Å². The first kappa shape index (κ1) is 16.7. The summed E-state index contributed by atoms with van der Waals surface area (Å²) < 4.78 is 7.74. The molecule has 5 atom stereocenters. The van der Waals surface area contributed by atoms with Crippen LogP contribution in [0.25, 0.3) is 11.6 Å². The minimum atomic E-state index is -0.348. The second-order valence-corrected chi connectivity index (χ2v) is 8.70. The average Bonchev–Trinajstić information content (AvgIpc) is 3.36. The Morgan fingerprint density at radius 2 is 2.20 bits per heavy atom. The number of hydrogen-bond donors (Lipinski definition) is 1. The summed E-state index contributed by atoms with van der Waals surface area (Å²) >= 11 is 1.38. The first-order chi connectivity index (χ1) is 12.0. The first-order valence-corrected chi connectivity index (χ1v) is 9.87. The number of carbonyl (C=O) groups excluding carboxylic acids is 1. The fourth-order valence-corrected chi connectivity index (χ4v) is 5.48. The molecule has 2 fully saturated rings. The van der Waals surface area contributed by atoms with Crippen molar-refractivity contribution in [2.45, 2.75) is 56.0 Å². The number of nitrogens with zero attached hydrogens (tertiary/aromatic N) is 3. The predicted octanol–water partition coefficient (Wildman–Crippen LogP) is 3.50. The van der Waals surface area contributed by atoms with Gasteiger partial charge in [-0.3, -0.25) is 9.36 Å². The predicted molar refractivity (Wildman–Crippen MR) is 95.9 cm³/mol. The Morgan fingerprint density at radius 1 is 1.36 bits per heavy atom. The topological polar surface area (TPSA) is 86.9 Å². The number of amides is 1. The molecule has 4 rings (SSSR count). The van der Waals surface area contributed by atoms with Gasteiger partial charge in [0, 0.05) is 6.04 Å². The molecule has 2 saturated carbocycles. The standard InChI is InChI=1S/C18H24N4O2S/c1-10(14-9-12-5-6-13(14)8-12)22-17(15-4-3-7-24-15)20-21-18(22)25-11(2)16(19)23/h3-4,7,10-14H,5-6,8-9H2,1-2H3,(H2,19,23)/t10-,11-,12-,13-,14-/m0/s1. The van der Waals surface area contributed by atoms with Crippen molar-refractivity contribution in [2.75, 3.05) is 0 Å². The highest BCUT2D eigenvalue weighted by Gasteiger charge is 2.43. The van der Waals surface area contributed by atoms with E-state index in [-0.39, 0.29) is 17.2 Å². The molecule has 1 amide bonds. The van der Waals surface area contributed by atoms with Crippen molar-refractivity contribution < 1.29 is 9.21 Å². The molecule has 2 aromatic rings. The van der Waals surface area contributed by atoms with Gasteiger partial charge in [-0.2, -0.15) is 0 Å². The Kier molecular flexibility index (Phi) is 4.35. The summed E-state index contributed by atoms with van der Waals surface area (Å²) in [7, 11) is 0. The number of hydrogen-bond acceptors (Lipinski definition) is 5. The van der Waals surface area contributed by atoms with Crippen LogP contribution in [0.1, 0.15) is 45.6 Å². The largest absolute Gasteiger partial charge is 0.461 e. The lowest BCUT2D eigenvalue weighted by atomic mass is 9.84. The van der Waals surface area contributed by atoms with Crippen molar-refractivity contribution in [2.24, 2.45) is 23.5 Å². The maximum atomic E-state index is 11.5.